The number of anilines is 1. The third-order valence-corrected chi connectivity index (χ3v) is 4.96. The Labute approximate surface area is 118 Å². The molecule has 2 aromatic rings. The number of rotatable bonds is 0. The third kappa shape index (κ3) is 1.81. The summed E-state index contributed by atoms with van der Waals surface area (Å²) in [6.45, 7) is 0. The van der Waals surface area contributed by atoms with Gasteiger partial charge in [-0.3, -0.25) is 0 Å². The lowest BCUT2D eigenvalue weighted by Gasteiger charge is -2.38. The summed E-state index contributed by atoms with van der Waals surface area (Å²) in [6.07, 6.45) is 6.40. The number of hydrogen-bond donors (Lipinski definition) is 1. The Kier molecular flexibility index (Phi) is 2.66. The summed E-state index contributed by atoms with van der Waals surface area (Å²) in [5.74, 6) is 0.738. The lowest BCUT2D eigenvalue weighted by atomic mass is 9.78. The molecule has 1 fully saturated rings. The normalized spacial score (nSPS) is 25.5. The van der Waals surface area contributed by atoms with Crippen molar-refractivity contribution < 1.29 is 0 Å². The highest BCUT2D eigenvalue weighted by atomic mass is 35.5. The molecule has 1 aliphatic carbocycles. The van der Waals surface area contributed by atoms with E-state index in [0.717, 1.165) is 17.9 Å². The zero-order valence-corrected chi connectivity index (χ0v) is 11.6. The average molecular weight is 273 g/mol. The van der Waals surface area contributed by atoms with Gasteiger partial charge in [-0.25, -0.2) is 4.98 Å². The maximum atomic E-state index is 6.40. The van der Waals surface area contributed by atoms with Crippen LogP contribution in [0.5, 0.6) is 0 Å². The summed E-state index contributed by atoms with van der Waals surface area (Å²) in [6, 6.07) is 8.91. The zero-order chi connectivity index (χ0) is 12.8. The van der Waals surface area contributed by atoms with Crippen LogP contribution in [0.3, 0.4) is 0 Å². The van der Waals surface area contributed by atoms with Gasteiger partial charge < -0.3 is 5.32 Å². The van der Waals surface area contributed by atoms with Gasteiger partial charge in [0.1, 0.15) is 5.15 Å². The Bertz CT molecular complexity index is 638. The molecule has 1 aliphatic heterocycles. The van der Waals surface area contributed by atoms with E-state index < -0.39 is 0 Å². The second kappa shape index (κ2) is 4.38. The van der Waals surface area contributed by atoms with Crippen molar-refractivity contribution in [2.45, 2.75) is 38.1 Å². The Morgan fingerprint density at radius 2 is 2.00 bits per heavy atom. The van der Waals surface area contributed by atoms with E-state index in [2.05, 4.69) is 22.4 Å². The van der Waals surface area contributed by atoms with Gasteiger partial charge in [0.2, 0.25) is 0 Å². The molecule has 3 heteroatoms. The van der Waals surface area contributed by atoms with Crippen molar-refractivity contribution in [1.82, 2.24) is 4.98 Å². The molecule has 2 nitrogen and oxygen atoms in total. The van der Waals surface area contributed by atoms with Crippen LogP contribution in [0, 0.1) is 5.92 Å². The van der Waals surface area contributed by atoms with Crippen molar-refractivity contribution in [2.75, 3.05) is 5.32 Å². The van der Waals surface area contributed by atoms with Crippen molar-refractivity contribution in [3.63, 3.8) is 0 Å². The number of pyridine rings is 1. The summed E-state index contributed by atoms with van der Waals surface area (Å²) in [5, 5.41) is 5.66. The van der Waals surface area contributed by atoms with Gasteiger partial charge in [0, 0.05) is 17.0 Å². The van der Waals surface area contributed by atoms with Gasteiger partial charge in [-0.1, -0.05) is 42.6 Å². The standard InChI is InChI=1S/C16H17ClN2/c17-16-12-9-10-5-1-3-7-13(10)18-15(12)11-6-2-4-8-14(11)19-16/h2,4,6,8,10,13,18H,1,3,5,7,9H2/t10-,13+/m1/s1. The van der Waals surface area contributed by atoms with Crippen LogP contribution in [-0.4, -0.2) is 11.0 Å². The van der Waals surface area contributed by atoms with Gasteiger partial charge in [0.25, 0.3) is 0 Å². The number of para-hydroxylation sites is 1. The minimum atomic E-state index is 0.628. The first kappa shape index (κ1) is 11.5. The molecule has 1 aromatic heterocycles. The Hall–Kier alpha value is -1.28. The van der Waals surface area contributed by atoms with Gasteiger partial charge in [0.05, 0.1) is 11.2 Å². The molecule has 0 bridgehead atoms. The molecule has 19 heavy (non-hydrogen) atoms. The van der Waals surface area contributed by atoms with Crippen LogP contribution in [0.15, 0.2) is 24.3 Å². The van der Waals surface area contributed by atoms with Gasteiger partial charge in [-0.05, 0) is 31.2 Å². The fourth-order valence-corrected chi connectivity index (χ4v) is 3.92. The summed E-state index contributed by atoms with van der Waals surface area (Å²) < 4.78 is 0. The molecule has 0 amide bonds. The van der Waals surface area contributed by atoms with E-state index in [1.54, 1.807) is 0 Å². The smallest absolute Gasteiger partial charge is 0.135 e. The highest BCUT2D eigenvalue weighted by Crippen LogP contribution is 2.41. The molecule has 2 heterocycles. The molecule has 0 unspecified atom stereocenters. The summed E-state index contributed by atoms with van der Waals surface area (Å²) in [5.41, 5.74) is 3.45. The van der Waals surface area contributed by atoms with E-state index in [-0.39, 0.29) is 0 Å². The number of nitrogens with one attached hydrogen (secondary N) is 1. The van der Waals surface area contributed by atoms with E-state index in [4.69, 9.17) is 11.6 Å². The summed E-state index contributed by atoms with van der Waals surface area (Å²) in [7, 11) is 0. The second-order valence-electron chi connectivity index (χ2n) is 5.77. The Balaban J connectivity index is 1.90. The fraction of sp³-hybridized carbons (Fsp3) is 0.438. The van der Waals surface area contributed by atoms with Gasteiger partial charge in [-0.2, -0.15) is 0 Å². The number of fused-ring (bicyclic) bond motifs is 4. The van der Waals surface area contributed by atoms with E-state index in [0.29, 0.717) is 11.2 Å². The first-order valence-corrected chi connectivity index (χ1v) is 7.54. The quantitative estimate of drug-likeness (QED) is 0.719. The molecule has 0 spiro atoms. The van der Waals surface area contributed by atoms with E-state index in [9.17, 15) is 0 Å². The van der Waals surface area contributed by atoms with Gasteiger partial charge >= 0.3 is 0 Å². The molecule has 98 valence electrons. The molecule has 1 N–H and O–H groups in total. The van der Waals surface area contributed by atoms with Gasteiger partial charge in [0.15, 0.2) is 0 Å². The molecule has 1 saturated carbocycles. The lowest BCUT2D eigenvalue weighted by molar-refractivity contribution is 0.315. The van der Waals surface area contributed by atoms with Gasteiger partial charge in [-0.15, -0.1) is 0 Å². The Morgan fingerprint density at radius 3 is 2.95 bits per heavy atom. The SMILES string of the molecule is Clc1nc2ccccc2c2c1C[C@H]1CCCC[C@@H]1N2. The highest BCUT2D eigenvalue weighted by Gasteiger charge is 2.32. The molecular weight excluding hydrogens is 256 g/mol. The maximum absolute atomic E-state index is 6.40. The minimum absolute atomic E-state index is 0.628. The van der Waals surface area contributed by atoms with Crippen molar-refractivity contribution in [3.05, 3.63) is 35.0 Å². The number of nitrogens with zero attached hydrogens (tertiary/aromatic N) is 1. The summed E-state index contributed by atoms with van der Waals surface area (Å²) in [4.78, 5) is 4.55. The van der Waals surface area contributed by atoms with E-state index >= 15 is 0 Å². The van der Waals surface area contributed by atoms with Crippen LogP contribution in [-0.2, 0) is 6.42 Å². The minimum Gasteiger partial charge on any atom is -0.381 e. The molecule has 2 aliphatic rings. The monoisotopic (exact) mass is 272 g/mol. The van der Waals surface area contributed by atoms with Crippen LogP contribution in [0.1, 0.15) is 31.2 Å². The molecule has 1 aromatic carbocycles. The number of aromatic nitrogens is 1. The molecule has 0 radical (unpaired) electrons. The topological polar surface area (TPSA) is 24.9 Å². The highest BCUT2D eigenvalue weighted by molar-refractivity contribution is 6.31. The van der Waals surface area contributed by atoms with Crippen molar-refractivity contribution in [2.24, 2.45) is 5.92 Å². The number of halogens is 1. The van der Waals surface area contributed by atoms with Crippen LogP contribution >= 0.6 is 11.6 Å². The molecule has 4 rings (SSSR count). The van der Waals surface area contributed by atoms with Crippen molar-refractivity contribution in [3.8, 4) is 0 Å². The predicted octanol–water partition coefficient (Wildman–Crippen LogP) is 4.42. The third-order valence-electron chi connectivity index (χ3n) is 4.65. The largest absolute Gasteiger partial charge is 0.381 e. The maximum Gasteiger partial charge on any atom is 0.135 e. The zero-order valence-electron chi connectivity index (χ0n) is 10.8. The molecule has 2 atom stereocenters. The van der Waals surface area contributed by atoms with Crippen LogP contribution in [0.4, 0.5) is 5.69 Å². The second-order valence-corrected chi connectivity index (χ2v) is 6.13. The first-order valence-electron chi connectivity index (χ1n) is 7.16. The van der Waals surface area contributed by atoms with Crippen LogP contribution in [0.25, 0.3) is 10.9 Å². The summed E-state index contributed by atoms with van der Waals surface area (Å²) >= 11 is 6.40. The fourth-order valence-electron chi connectivity index (χ4n) is 3.66. The average Bonchev–Trinajstić information content (AvgIpc) is 2.46. The number of benzene rings is 1. The molecular formula is C16H17ClN2. The lowest BCUT2D eigenvalue weighted by Crippen LogP contribution is -2.37. The van der Waals surface area contributed by atoms with Crippen molar-refractivity contribution in [1.29, 1.82) is 0 Å². The number of hydrogen-bond acceptors (Lipinski definition) is 2. The predicted molar refractivity (Wildman–Crippen MR) is 79.8 cm³/mol. The van der Waals surface area contributed by atoms with E-state index in [1.807, 2.05) is 12.1 Å². The van der Waals surface area contributed by atoms with E-state index in [1.165, 1.54) is 42.3 Å². The van der Waals surface area contributed by atoms with Crippen LogP contribution < -0.4 is 5.32 Å². The first-order chi connectivity index (χ1) is 9.33. The van der Waals surface area contributed by atoms with Crippen LogP contribution in [0.2, 0.25) is 5.15 Å². The Morgan fingerprint density at radius 1 is 1.16 bits per heavy atom. The molecule has 0 saturated heterocycles. The van der Waals surface area contributed by atoms with Crippen molar-refractivity contribution >= 4 is 28.2 Å².